The summed E-state index contributed by atoms with van der Waals surface area (Å²) in [5, 5.41) is 8.78. The highest BCUT2D eigenvalue weighted by atomic mass is 127. The van der Waals surface area contributed by atoms with Gasteiger partial charge in [0, 0.05) is 9.65 Å². The number of carboxylic acids is 1. The minimum atomic E-state index is -0.963. The molecule has 0 saturated carbocycles. The largest absolute Gasteiger partial charge is 0.497 e. The average Bonchev–Trinajstić information content (AvgIpc) is 2.45. The van der Waals surface area contributed by atoms with E-state index in [9.17, 15) is 4.79 Å². The molecule has 2 rings (SSSR count). The summed E-state index contributed by atoms with van der Waals surface area (Å²) in [5.74, 6) is -0.221. The summed E-state index contributed by atoms with van der Waals surface area (Å²) < 4.78 is 6.35. The second kappa shape index (κ2) is 6.56. The number of ether oxygens (including phenoxy) is 1. The standard InChI is InChI=1S/C16H13IO3/c1-20-12-8-6-11(7-9-16(18)19)14(10-12)13-4-2-3-5-15(13)17/h2-10H,1H3,(H,18,19). The lowest BCUT2D eigenvalue weighted by Gasteiger charge is -2.10. The third-order valence-corrected chi connectivity index (χ3v) is 3.77. The topological polar surface area (TPSA) is 46.5 Å². The number of halogens is 1. The first-order valence-corrected chi connectivity index (χ1v) is 7.03. The van der Waals surface area contributed by atoms with Gasteiger partial charge in [0.1, 0.15) is 5.75 Å². The SMILES string of the molecule is COc1ccc(C=CC(=O)O)c(-c2ccccc2I)c1. The van der Waals surface area contributed by atoms with Crippen molar-refractivity contribution in [2.45, 2.75) is 0 Å². The van der Waals surface area contributed by atoms with Crippen molar-refractivity contribution in [3.63, 3.8) is 0 Å². The Labute approximate surface area is 131 Å². The second-order valence-electron chi connectivity index (χ2n) is 4.10. The van der Waals surface area contributed by atoms with Crippen molar-refractivity contribution < 1.29 is 14.6 Å². The summed E-state index contributed by atoms with van der Waals surface area (Å²) in [6, 6.07) is 13.5. The molecule has 0 amide bonds. The molecule has 0 aliphatic rings. The second-order valence-corrected chi connectivity index (χ2v) is 5.27. The summed E-state index contributed by atoms with van der Waals surface area (Å²) >= 11 is 2.26. The van der Waals surface area contributed by atoms with E-state index in [0.29, 0.717) is 0 Å². The highest BCUT2D eigenvalue weighted by Crippen LogP contribution is 2.32. The van der Waals surface area contributed by atoms with Crippen molar-refractivity contribution in [3.05, 3.63) is 57.7 Å². The van der Waals surface area contributed by atoms with Crippen molar-refractivity contribution in [1.29, 1.82) is 0 Å². The van der Waals surface area contributed by atoms with Crippen molar-refractivity contribution in [2.75, 3.05) is 7.11 Å². The fourth-order valence-electron chi connectivity index (χ4n) is 1.88. The molecule has 0 heterocycles. The molecule has 0 fully saturated rings. The van der Waals surface area contributed by atoms with Gasteiger partial charge in [-0.05, 0) is 63.6 Å². The summed E-state index contributed by atoms with van der Waals surface area (Å²) in [5.41, 5.74) is 2.85. The van der Waals surface area contributed by atoms with Crippen LogP contribution in [0.4, 0.5) is 0 Å². The molecule has 0 bridgehead atoms. The van der Waals surface area contributed by atoms with Crippen LogP contribution >= 0.6 is 22.6 Å². The molecule has 0 atom stereocenters. The van der Waals surface area contributed by atoms with Gasteiger partial charge in [0.2, 0.25) is 0 Å². The van der Waals surface area contributed by atoms with Gasteiger partial charge in [-0.1, -0.05) is 24.3 Å². The number of hydrogen-bond acceptors (Lipinski definition) is 2. The molecule has 2 aromatic carbocycles. The lowest BCUT2D eigenvalue weighted by molar-refractivity contribution is -0.131. The monoisotopic (exact) mass is 380 g/mol. The molecule has 0 radical (unpaired) electrons. The van der Waals surface area contributed by atoms with Gasteiger partial charge in [-0.25, -0.2) is 4.79 Å². The van der Waals surface area contributed by atoms with Crippen LogP contribution in [0.3, 0.4) is 0 Å². The average molecular weight is 380 g/mol. The van der Waals surface area contributed by atoms with Gasteiger partial charge >= 0.3 is 5.97 Å². The van der Waals surface area contributed by atoms with Crippen molar-refractivity contribution in [2.24, 2.45) is 0 Å². The predicted molar refractivity (Wildman–Crippen MR) is 87.8 cm³/mol. The van der Waals surface area contributed by atoms with E-state index in [2.05, 4.69) is 22.6 Å². The van der Waals surface area contributed by atoms with E-state index in [1.54, 1.807) is 13.2 Å². The van der Waals surface area contributed by atoms with Crippen LogP contribution < -0.4 is 4.74 Å². The van der Waals surface area contributed by atoms with Crippen molar-refractivity contribution in [3.8, 4) is 16.9 Å². The van der Waals surface area contributed by atoms with Gasteiger partial charge in [0.05, 0.1) is 7.11 Å². The van der Waals surface area contributed by atoms with Crippen LogP contribution in [0, 0.1) is 3.57 Å². The highest BCUT2D eigenvalue weighted by molar-refractivity contribution is 14.1. The van der Waals surface area contributed by atoms with Crippen LogP contribution in [0.2, 0.25) is 0 Å². The molecule has 0 unspecified atom stereocenters. The Bertz CT molecular complexity index is 663. The molecule has 20 heavy (non-hydrogen) atoms. The Kier molecular flexibility index (Phi) is 4.79. The molecular formula is C16H13IO3. The van der Waals surface area contributed by atoms with Crippen LogP contribution in [0.15, 0.2) is 48.5 Å². The number of methoxy groups -OCH3 is 1. The Balaban J connectivity index is 2.59. The third-order valence-electron chi connectivity index (χ3n) is 2.83. The molecule has 3 nitrogen and oxygen atoms in total. The van der Waals surface area contributed by atoms with E-state index in [4.69, 9.17) is 9.84 Å². The lowest BCUT2D eigenvalue weighted by Crippen LogP contribution is -1.91. The Morgan fingerprint density at radius 2 is 1.95 bits per heavy atom. The fourth-order valence-corrected chi connectivity index (χ4v) is 2.56. The van der Waals surface area contributed by atoms with E-state index in [1.807, 2.05) is 42.5 Å². The predicted octanol–water partition coefficient (Wildman–Crippen LogP) is 4.06. The van der Waals surface area contributed by atoms with E-state index in [1.165, 1.54) is 0 Å². The van der Waals surface area contributed by atoms with Gasteiger partial charge in [0.15, 0.2) is 0 Å². The molecule has 0 saturated heterocycles. The maximum Gasteiger partial charge on any atom is 0.328 e. The Morgan fingerprint density at radius 1 is 1.20 bits per heavy atom. The van der Waals surface area contributed by atoms with Crippen LogP contribution in [0.1, 0.15) is 5.56 Å². The molecule has 0 spiro atoms. The Hall–Kier alpha value is -1.82. The first-order chi connectivity index (χ1) is 9.61. The minimum absolute atomic E-state index is 0.743. The van der Waals surface area contributed by atoms with E-state index in [-0.39, 0.29) is 0 Å². The summed E-state index contributed by atoms with van der Waals surface area (Å²) in [4.78, 5) is 10.7. The number of hydrogen-bond donors (Lipinski definition) is 1. The summed E-state index contributed by atoms with van der Waals surface area (Å²) in [7, 11) is 1.61. The molecular weight excluding hydrogens is 367 g/mol. The first-order valence-electron chi connectivity index (χ1n) is 5.96. The molecule has 102 valence electrons. The highest BCUT2D eigenvalue weighted by Gasteiger charge is 2.08. The zero-order chi connectivity index (χ0) is 14.5. The molecule has 0 aliphatic carbocycles. The Morgan fingerprint density at radius 3 is 2.60 bits per heavy atom. The van der Waals surface area contributed by atoms with Crippen molar-refractivity contribution in [1.82, 2.24) is 0 Å². The molecule has 0 aromatic heterocycles. The van der Waals surface area contributed by atoms with Gasteiger partial charge in [-0.2, -0.15) is 0 Å². The third kappa shape index (κ3) is 3.39. The van der Waals surface area contributed by atoms with Gasteiger partial charge in [0.25, 0.3) is 0 Å². The maximum absolute atomic E-state index is 10.7. The molecule has 1 N–H and O–H groups in total. The van der Waals surface area contributed by atoms with E-state index >= 15 is 0 Å². The lowest BCUT2D eigenvalue weighted by atomic mass is 9.99. The zero-order valence-corrected chi connectivity index (χ0v) is 13.0. The number of carbonyl (C=O) groups is 1. The molecule has 0 aliphatic heterocycles. The van der Waals surface area contributed by atoms with Crippen LogP contribution in [0.25, 0.3) is 17.2 Å². The van der Waals surface area contributed by atoms with Gasteiger partial charge < -0.3 is 9.84 Å². The van der Waals surface area contributed by atoms with E-state index < -0.39 is 5.97 Å². The van der Waals surface area contributed by atoms with Gasteiger partial charge in [-0.3, -0.25) is 0 Å². The fraction of sp³-hybridized carbons (Fsp3) is 0.0625. The number of carboxylic acid groups (broad SMARTS) is 1. The molecule has 4 heteroatoms. The number of rotatable bonds is 4. The quantitative estimate of drug-likeness (QED) is 0.643. The normalized spacial score (nSPS) is 10.7. The van der Waals surface area contributed by atoms with Crippen molar-refractivity contribution >= 4 is 34.6 Å². The number of benzene rings is 2. The minimum Gasteiger partial charge on any atom is -0.497 e. The van der Waals surface area contributed by atoms with Crippen LogP contribution in [-0.2, 0) is 4.79 Å². The molecule has 2 aromatic rings. The van der Waals surface area contributed by atoms with E-state index in [0.717, 1.165) is 32.1 Å². The van der Waals surface area contributed by atoms with Crippen LogP contribution in [0.5, 0.6) is 5.75 Å². The summed E-state index contributed by atoms with van der Waals surface area (Å²) in [6.07, 6.45) is 2.74. The van der Waals surface area contributed by atoms with Gasteiger partial charge in [-0.15, -0.1) is 0 Å². The number of aliphatic carboxylic acids is 1. The van der Waals surface area contributed by atoms with Crippen LogP contribution in [-0.4, -0.2) is 18.2 Å². The zero-order valence-electron chi connectivity index (χ0n) is 10.8. The first kappa shape index (κ1) is 14.6. The maximum atomic E-state index is 10.7. The summed E-state index contributed by atoms with van der Waals surface area (Å²) in [6.45, 7) is 0. The smallest absolute Gasteiger partial charge is 0.328 e.